The SMILES string of the molecule is Cc1nc2c(Br)nc(Br)cn2n1. The molecule has 0 aliphatic rings. The average molecular weight is 292 g/mol. The Labute approximate surface area is 85.3 Å². The van der Waals surface area contributed by atoms with Crippen LogP contribution in [-0.2, 0) is 0 Å². The summed E-state index contributed by atoms with van der Waals surface area (Å²) in [5.74, 6) is 0.732. The molecule has 0 aliphatic carbocycles. The van der Waals surface area contributed by atoms with Gasteiger partial charge in [-0.25, -0.2) is 14.5 Å². The second kappa shape index (κ2) is 2.77. The largest absolute Gasteiger partial charge is 0.228 e. The second-order valence-corrected chi connectivity index (χ2v) is 3.85. The molecule has 0 amide bonds. The van der Waals surface area contributed by atoms with Crippen LogP contribution in [0.2, 0.25) is 0 Å². The minimum Gasteiger partial charge on any atom is -0.228 e. The van der Waals surface area contributed by atoms with Gasteiger partial charge in [0, 0.05) is 0 Å². The standard InChI is InChI=1S/C6H4Br2N4/c1-3-9-6-5(8)10-4(7)2-12(6)11-3/h2H,1H3. The fourth-order valence-corrected chi connectivity index (χ4v) is 2.00. The van der Waals surface area contributed by atoms with Gasteiger partial charge >= 0.3 is 0 Å². The van der Waals surface area contributed by atoms with E-state index in [1.807, 2.05) is 6.92 Å². The summed E-state index contributed by atoms with van der Waals surface area (Å²) in [6.45, 7) is 1.84. The van der Waals surface area contributed by atoms with Crippen molar-refractivity contribution in [1.82, 2.24) is 19.6 Å². The molecule has 0 saturated carbocycles. The first kappa shape index (κ1) is 8.12. The van der Waals surface area contributed by atoms with E-state index in [4.69, 9.17) is 0 Å². The van der Waals surface area contributed by atoms with E-state index in [9.17, 15) is 0 Å². The highest BCUT2D eigenvalue weighted by Gasteiger charge is 2.05. The average Bonchev–Trinajstić information content (AvgIpc) is 2.29. The van der Waals surface area contributed by atoms with Crippen molar-refractivity contribution in [2.45, 2.75) is 6.92 Å². The van der Waals surface area contributed by atoms with Gasteiger partial charge < -0.3 is 0 Å². The molecule has 2 aromatic rings. The van der Waals surface area contributed by atoms with Crippen LogP contribution >= 0.6 is 31.9 Å². The predicted molar refractivity (Wildman–Crippen MR) is 50.9 cm³/mol. The van der Waals surface area contributed by atoms with Gasteiger partial charge in [0.15, 0.2) is 10.3 Å². The molecule has 2 heterocycles. The maximum absolute atomic E-state index is 4.18. The number of fused-ring (bicyclic) bond motifs is 1. The van der Waals surface area contributed by atoms with Gasteiger partial charge in [-0.1, -0.05) is 0 Å². The Hall–Kier alpha value is -0.490. The topological polar surface area (TPSA) is 43.1 Å². The lowest BCUT2D eigenvalue weighted by atomic mass is 10.7. The molecular weight excluding hydrogens is 288 g/mol. The van der Waals surface area contributed by atoms with E-state index in [1.165, 1.54) is 0 Å². The van der Waals surface area contributed by atoms with Crippen LogP contribution in [0.3, 0.4) is 0 Å². The number of rotatable bonds is 0. The zero-order chi connectivity index (χ0) is 8.72. The number of aromatic nitrogens is 4. The van der Waals surface area contributed by atoms with E-state index < -0.39 is 0 Å². The fourth-order valence-electron chi connectivity index (χ4n) is 0.934. The van der Waals surface area contributed by atoms with Crippen molar-refractivity contribution in [2.75, 3.05) is 0 Å². The van der Waals surface area contributed by atoms with E-state index >= 15 is 0 Å². The first-order chi connectivity index (χ1) is 5.66. The van der Waals surface area contributed by atoms with Crippen LogP contribution in [-0.4, -0.2) is 19.6 Å². The van der Waals surface area contributed by atoms with E-state index in [-0.39, 0.29) is 0 Å². The van der Waals surface area contributed by atoms with E-state index in [1.54, 1.807) is 10.7 Å². The Morgan fingerprint density at radius 1 is 1.33 bits per heavy atom. The van der Waals surface area contributed by atoms with Gasteiger partial charge in [0.2, 0.25) is 0 Å². The number of hydrogen-bond acceptors (Lipinski definition) is 3. The van der Waals surface area contributed by atoms with Crippen molar-refractivity contribution < 1.29 is 0 Å². The van der Waals surface area contributed by atoms with Crippen molar-refractivity contribution >= 4 is 37.5 Å². The van der Waals surface area contributed by atoms with Gasteiger partial charge in [0.1, 0.15) is 10.4 Å². The molecule has 0 aliphatic heterocycles. The third-order valence-corrected chi connectivity index (χ3v) is 2.27. The lowest BCUT2D eigenvalue weighted by Crippen LogP contribution is -1.90. The van der Waals surface area contributed by atoms with Gasteiger partial charge in [-0.05, 0) is 38.8 Å². The van der Waals surface area contributed by atoms with Crippen molar-refractivity contribution in [3.8, 4) is 0 Å². The van der Waals surface area contributed by atoms with Crippen LogP contribution in [0.4, 0.5) is 0 Å². The second-order valence-electron chi connectivity index (χ2n) is 2.28. The van der Waals surface area contributed by atoms with Crippen LogP contribution in [0.15, 0.2) is 15.4 Å². The van der Waals surface area contributed by atoms with Crippen LogP contribution in [0.25, 0.3) is 5.65 Å². The summed E-state index contributed by atoms with van der Waals surface area (Å²) in [7, 11) is 0. The summed E-state index contributed by atoms with van der Waals surface area (Å²) in [5, 5.41) is 4.14. The van der Waals surface area contributed by atoms with Gasteiger partial charge in [-0.2, -0.15) is 5.10 Å². The summed E-state index contributed by atoms with van der Waals surface area (Å²) < 4.78 is 3.10. The molecule has 0 atom stereocenters. The molecular formula is C6H4Br2N4. The summed E-state index contributed by atoms with van der Waals surface area (Å²) in [4.78, 5) is 8.30. The van der Waals surface area contributed by atoms with Gasteiger partial charge in [0.05, 0.1) is 6.20 Å². The molecule has 0 aromatic carbocycles. The molecule has 62 valence electrons. The summed E-state index contributed by atoms with van der Waals surface area (Å²) in [5.41, 5.74) is 0.732. The van der Waals surface area contributed by atoms with E-state index in [0.29, 0.717) is 4.60 Å². The highest BCUT2D eigenvalue weighted by Crippen LogP contribution is 2.16. The Morgan fingerprint density at radius 2 is 2.08 bits per heavy atom. The summed E-state index contributed by atoms with van der Waals surface area (Å²) >= 11 is 6.56. The molecule has 0 bridgehead atoms. The first-order valence-corrected chi connectivity index (χ1v) is 4.80. The third-order valence-electron chi connectivity index (χ3n) is 1.36. The highest BCUT2D eigenvalue weighted by molar-refractivity contribution is 9.11. The van der Waals surface area contributed by atoms with Gasteiger partial charge in [-0.15, -0.1) is 0 Å². The Kier molecular flexibility index (Phi) is 1.88. The molecule has 6 heteroatoms. The summed E-state index contributed by atoms with van der Waals surface area (Å²) in [6, 6.07) is 0. The highest BCUT2D eigenvalue weighted by atomic mass is 79.9. The lowest BCUT2D eigenvalue weighted by Gasteiger charge is -1.93. The van der Waals surface area contributed by atoms with Crippen molar-refractivity contribution in [1.29, 1.82) is 0 Å². The maximum atomic E-state index is 4.18. The number of nitrogens with zero attached hydrogens (tertiary/aromatic N) is 4. The number of halogens is 2. The monoisotopic (exact) mass is 290 g/mol. The van der Waals surface area contributed by atoms with Crippen molar-refractivity contribution in [2.24, 2.45) is 0 Å². The first-order valence-electron chi connectivity index (χ1n) is 3.22. The van der Waals surface area contributed by atoms with Crippen molar-refractivity contribution in [3.05, 3.63) is 21.2 Å². The Balaban J connectivity index is 2.88. The Morgan fingerprint density at radius 3 is 2.83 bits per heavy atom. The molecule has 2 rings (SSSR count). The minimum atomic E-state index is 0.692. The quantitative estimate of drug-likeness (QED) is 0.745. The zero-order valence-corrected chi connectivity index (χ0v) is 9.29. The van der Waals surface area contributed by atoms with E-state index in [0.717, 1.165) is 16.1 Å². The molecule has 2 aromatic heterocycles. The van der Waals surface area contributed by atoms with Crippen LogP contribution in [0.5, 0.6) is 0 Å². The van der Waals surface area contributed by atoms with Crippen LogP contribution in [0.1, 0.15) is 5.82 Å². The maximum Gasteiger partial charge on any atom is 0.188 e. The molecule has 0 fully saturated rings. The molecule has 12 heavy (non-hydrogen) atoms. The van der Waals surface area contributed by atoms with Gasteiger partial charge in [0.25, 0.3) is 0 Å². The van der Waals surface area contributed by atoms with E-state index in [2.05, 4.69) is 46.9 Å². The fraction of sp³-hybridized carbons (Fsp3) is 0.167. The predicted octanol–water partition coefficient (Wildman–Crippen LogP) is 1.96. The zero-order valence-electron chi connectivity index (χ0n) is 6.12. The van der Waals surface area contributed by atoms with Crippen LogP contribution in [0, 0.1) is 6.92 Å². The normalized spacial score (nSPS) is 10.9. The lowest BCUT2D eigenvalue weighted by molar-refractivity contribution is 0.908. The van der Waals surface area contributed by atoms with Gasteiger partial charge in [-0.3, -0.25) is 0 Å². The molecule has 0 unspecified atom stereocenters. The molecule has 0 spiro atoms. The smallest absolute Gasteiger partial charge is 0.188 e. The molecule has 0 saturated heterocycles. The Bertz CT molecular complexity index is 436. The minimum absolute atomic E-state index is 0.692. The number of aryl methyl sites for hydroxylation is 1. The van der Waals surface area contributed by atoms with Crippen LogP contribution < -0.4 is 0 Å². The third kappa shape index (κ3) is 1.25. The molecule has 0 N–H and O–H groups in total. The van der Waals surface area contributed by atoms with Crippen molar-refractivity contribution in [3.63, 3.8) is 0 Å². The molecule has 0 radical (unpaired) electrons. The number of hydrogen-bond donors (Lipinski definition) is 0. The molecule has 4 nitrogen and oxygen atoms in total. The summed E-state index contributed by atoms with van der Waals surface area (Å²) in [6.07, 6.45) is 1.76.